The second-order valence-corrected chi connectivity index (χ2v) is 2.70. The molecule has 1 aromatic rings. The maximum Gasteiger partial charge on any atom is 0.147 e. The zero-order valence-corrected chi connectivity index (χ0v) is 6.91. The standard InChI is InChI=1S/C8H10N4/c1-6-4-7(12-5-11-6)8-9-2-3-10-8/h4-5H,2-3H2,1H3,(H,9,10). The van der Waals surface area contributed by atoms with Crippen LogP contribution in [-0.4, -0.2) is 28.9 Å². The van der Waals surface area contributed by atoms with Gasteiger partial charge in [0.1, 0.15) is 17.9 Å². The number of amidine groups is 1. The molecule has 0 saturated carbocycles. The molecule has 0 atom stereocenters. The van der Waals surface area contributed by atoms with Crippen molar-refractivity contribution in [2.24, 2.45) is 4.99 Å². The van der Waals surface area contributed by atoms with Crippen LogP contribution in [0, 0.1) is 6.92 Å². The number of aliphatic imine (C=N–C) groups is 1. The van der Waals surface area contributed by atoms with Gasteiger partial charge < -0.3 is 5.32 Å². The van der Waals surface area contributed by atoms with E-state index in [-0.39, 0.29) is 0 Å². The molecule has 4 nitrogen and oxygen atoms in total. The fourth-order valence-electron chi connectivity index (χ4n) is 1.15. The first-order valence-electron chi connectivity index (χ1n) is 3.93. The minimum Gasteiger partial charge on any atom is -0.367 e. The molecule has 2 rings (SSSR count). The number of nitrogens with zero attached hydrogens (tertiary/aromatic N) is 3. The lowest BCUT2D eigenvalue weighted by molar-refractivity contribution is 0.956. The molecule has 0 radical (unpaired) electrons. The SMILES string of the molecule is Cc1cc(C2=NCCN2)ncn1. The highest BCUT2D eigenvalue weighted by Gasteiger charge is 2.08. The summed E-state index contributed by atoms with van der Waals surface area (Å²) in [7, 11) is 0. The summed E-state index contributed by atoms with van der Waals surface area (Å²) < 4.78 is 0. The Balaban J connectivity index is 2.33. The average Bonchev–Trinajstić information content (AvgIpc) is 2.56. The molecular weight excluding hydrogens is 152 g/mol. The van der Waals surface area contributed by atoms with Gasteiger partial charge in [-0.05, 0) is 13.0 Å². The first-order valence-corrected chi connectivity index (χ1v) is 3.93. The first-order chi connectivity index (χ1) is 5.86. The molecule has 0 bridgehead atoms. The predicted octanol–water partition coefficient (Wildman–Crippen LogP) is 0.135. The third-order valence-corrected chi connectivity index (χ3v) is 1.72. The lowest BCUT2D eigenvalue weighted by atomic mass is 10.3. The Morgan fingerprint density at radius 1 is 1.42 bits per heavy atom. The second-order valence-electron chi connectivity index (χ2n) is 2.70. The third kappa shape index (κ3) is 1.28. The van der Waals surface area contributed by atoms with E-state index in [1.54, 1.807) is 6.33 Å². The van der Waals surface area contributed by atoms with Crippen molar-refractivity contribution in [1.82, 2.24) is 15.3 Å². The molecule has 0 unspecified atom stereocenters. The van der Waals surface area contributed by atoms with Gasteiger partial charge in [-0.3, -0.25) is 4.99 Å². The van der Waals surface area contributed by atoms with Crippen LogP contribution in [0.3, 0.4) is 0 Å². The molecule has 0 saturated heterocycles. The first kappa shape index (κ1) is 7.21. The van der Waals surface area contributed by atoms with E-state index in [4.69, 9.17) is 0 Å². The van der Waals surface area contributed by atoms with Crippen LogP contribution in [0.15, 0.2) is 17.4 Å². The summed E-state index contributed by atoms with van der Waals surface area (Å²) in [4.78, 5) is 12.4. The van der Waals surface area contributed by atoms with E-state index in [0.717, 1.165) is 30.3 Å². The molecule has 0 aromatic carbocycles. The van der Waals surface area contributed by atoms with E-state index in [0.29, 0.717) is 0 Å². The average molecular weight is 162 g/mol. The maximum atomic E-state index is 4.26. The van der Waals surface area contributed by atoms with Crippen molar-refractivity contribution in [2.75, 3.05) is 13.1 Å². The van der Waals surface area contributed by atoms with Crippen molar-refractivity contribution in [3.63, 3.8) is 0 Å². The van der Waals surface area contributed by atoms with Crippen molar-refractivity contribution in [3.8, 4) is 0 Å². The topological polar surface area (TPSA) is 50.2 Å². The van der Waals surface area contributed by atoms with Crippen LogP contribution in [0.25, 0.3) is 0 Å². The summed E-state index contributed by atoms with van der Waals surface area (Å²) >= 11 is 0. The highest BCUT2D eigenvalue weighted by Crippen LogP contribution is 1.99. The second kappa shape index (κ2) is 2.89. The molecule has 1 aliphatic heterocycles. The molecule has 1 aliphatic rings. The minimum absolute atomic E-state index is 0.846. The third-order valence-electron chi connectivity index (χ3n) is 1.72. The van der Waals surface area contributed by atoms with Gasteiger partial charge in [0.15, 0.2) is 0 Å². The van der Waals surface area contributed by atoms with Crippen LogP contribution >= 0.6 is 0 Å². The van der Waals surface area contributed by atoms with Crippen molar-refractivity contribution < 1.29 is 0 Å². The van der Waals surface area contributed by atoms with E-state index in [9.17, 15) is 0 Å². The van der Waals surface area contributed by atoms with Crippen molar-refractivity contribution in [3.05, 3.63) is 23.8 Å². The Morgan fingerprint density at radius 3 is 3.00 bits per heavy atom. The van der Waals surface area contributed by atoms with Gasteiger partial charge in [-0.25, -0.2) is 9.97 Å². The molecule has 0 spiro atoms. The predicted molar refractivity (Wildman–Crippen MR) is 46.2 cm³/mol. The Morgan fingerprint density at radius 2 is 2.33 bits per heavy atom. The van der Waals surface area contributed by atoms with Crippen LogP contribution in [0.2, 0.25) is 0 Å². The van der Waals surface area contributed by atoms with Crippen LogP contribution < -0.4 is 5.32 Å². The number of aromatic nitrogens is 2. The summed E-state index contributed by atoms with van der Waals surface area (Å²) in [5.41, 5.74) is 1.86. The molecular formula is C8H10N4. The molecule has 2 heterocycles. The van der Waals surface area contributed by atoms with Gasteiger partial charge in [-0.1, -0.05) is 0 Å². The number of rotatable bonds is 1. The zero-order valence-electron chi connectivity index (χ0n) is 6.91. The van der Waals surface area contributed by atoms with Crippen molar-refractivity contribution in [2.45, 2.75) is 6.92 Å². The molecule has 12 heavy (non-hydrogen) atoms. The minimum atomic E-state index is 0.846. The molecule has 62 valence electrons. The monoisotopic (exact) mass is 162 g/mol. The van der Waals surface area contributed by atoms with E-state index in [1.165, 1.54) is 0 Å². The Labute approximate surface area is 70.8 Å². The van der Waals surface area contributed by atoms with Gasteiger partial charge in [-0.2, -0.15) is 0 Å². The Bertz CT molecular complexity index is 319. The van der Waals surface area contributed by atoms with Crippen LogP contribution in [0.4, 0.5) is 0 Å². The van der Waals surface area contributed by atoms with Crippen molar-refractivity contribution in [1.29, 1.82) is 0 Å². The maximum absolute atomic E-state index is 4.26. The smallest absolute Gasteiger partial charge is 0.147 e. The molecule has 0 fully saturated rings. The largest absolute Gasteiger partial charge is 0.367 e. The molecule has 0 aliphatic carbocycles. The summed E-state index contributed by atoms with van der Waals surface area (Å²) in [5.74, 6) is 0.889. The Kier molecular flexibility index (Phi) is 1.74. The number of hydrogen-bond donors (Lipinski definition) is 1. The molecule has 1 N–H and O–H groups in total. The number of nitrogens with one attached hydrogen (secondary N) is 1. The number of hydrogen-bond acceptors (Lipinski definition) is 4. The summed E-state index contributed by atoms with van der Waals surface area (Å²) in [6.07, 6.45) is 1.56. The van der Waals surface area contributed by atoms with Crippen LogP contribution in [0.5, 0.6) is 0 Å². The van der Waals surface area contributed by atoms with Gasteiger partial charge in [0.2, 0.25) is 0 Å². The Hall–Kier alpha value is -1.45. The lowest BCUT2D eigenvalue weighted by Gasteiger charge is -2.00. The van der Waals surface area contributed by atoms with Gasteiger partial charge in [-0.15, -0.1) is 0 Å². The zero-order chi connectivity index (χ0) is 8.39. The quantitative estimate of drug-likeness (QED) is 0.638. The van der Waals surface area contributed by atoms with Gasteiger partial charge in [0, 0.05) is 12.2 Å². The fourth-order valence-corrected chi connectivity index (χ4v) is 1.15. The highest BCUT2D eigenvalue weighted by atomic mass is 15.1. The highest BCUT2D eigenvalue weighted by molar-refractivity contribution is 5.97. The van der Waals surface area contributed by atoms with Gasteiger partial charge >= 0.3 is 0 Å². The van der Waals surface area contributed by atoms with Gasteiger partial charge in [0.05, 0.1) is 6.54 Å². The molecule has 1 aromatic heterocycles. The van der Waals surface area contributed by atoms with Crippen molar-refractivity contribution >= 4 is 5.84 Å². The summed E-state index contributed by atoms with van der Waals surface area (Å²) in [6, 6.07) is 1.93. The van der Waals surface area contributed by atoms with E-state index >= 15 is 0 Å². The number of aryl methyl sites for hydroxylation is 1. The summed E-state index contributed by atoms with van der Waals surface area (Å²) in [6.45, 7) is 3.71. The van der Waals surface area contributed by atoms with E-state index < -0.39 is 0 Å². The molecule has 4 heteroatoms. The van der Waals surface area contributed by atoms with E-state index in [1.807, 2.05) is 13.0 Å². The normalized spacial score (nSPS) is 15.6. The lowest BCUT2D eigenvalue weighted by Crippen LogP contribution is -2.20. The van der Waals surface area contributed by atoms with Crippen LogP contribution in [-0.2, 0) is 0 Å². The fraction of sp³-hybridized carbons (Fsp3) is 0.375. The van der Waals surface area contributed by atoms with Crippen LogP contribution in [0.1, 0.15) is 11.4 Å². The molecule has 0 amide bonds. The van der Waals surface area contributed by atoms with E-state index in [2.05, 4.69) is 20.3 Å². The summed E-state index contributed by atoms with van der Waals surface area (Å²) in [5, 5.41) is 3.16. The van der Waals surface area contributed by atoms with Gasteiger partial charge in [0.25, 0.3) is 0 Å².